The number of allylic oxidation sites excluding steroid dienone is 7. The van der Waals surface area contributed by atoms with Gasteiger partial charge in [-0.3, -0.25) is 9.11 Å². The molecule has 344 valence electrons. The number of benzene rings is 3. The summed E-state index contributed by atoms with van der Waals surface area (Å²) in [5.41, 5.74) is 11.4. The summed E-state index contributed by atoms with van der Waals surface area (Å²) in [5, 5.41) is 1.78. The van der Waals surface area contributed by atoms with Crippen molar-refractivity contribution in [3.63, 3.8) is 0 Å². The Morgan fingerprint density at radius 3 is 2.41 bits per heavy atom. The number of fused-ring (bicyclic) bond motifs is 2. The molecule has 0 spiro atoms. The van der Waals surface area contributed by atoms with Gasteiger partial charge in [-0.1, -0.05) is 81.7 Å². The predicted molar refractivity (Wildman–Crippen MR) is 266 cm³/mol. The van der Waals surface area contributed by atoms with Gasteiger partial charge >= 0.3 is 0 Å². The van der Waals surface area contributed by atoms with Crippen molar-refractivity contribution in [2.45, 2.75) is 127 Å². The van der Waals surface area contributed by atoms with Crippen molar-refractivity contribution < 1.29 is 35.3 Å². The summed E-state index contributed by atoms with van der Waals surface area (Å²) >= 11 is 4.05. The number of aryl methyl sites for hydroxylation is 1. The topological polar surface area (TPSA) is 124 Å². The molecule has 1 fully saturated rings. The molecule has 1 aliphatic carbocycles. The number of thioether (sulfide) groups is 2. The summed E-state index contributed by atoms with van der Waals surface area (Å²) in [6.07, 6.45) is 16.7. The average molecular weight is 946 g/mol. The highest BCUT2D eigenvalue weighted by Crippen LogP contribution is 2.49. The van der Waals surface area contributed by atoms with Crippen LogP contribution in [0.3, 0.4) is 0 Å². The molecule has 2 N–H and O–H groups in total. The highest BCUT2D eigenvalue weighted by Gasteiger charge is 2.45. The van der Waals surface area contributed by atoms with E-state index in [9.17, 15) is 25.9 Å². The molecule has 0 radical (unpaired) electrons. The Bertz CT molecular complexity index is 2620. The lowest BCUT2D eigenvalue weighted by atomic mass is 9.81. The van der Waals surface area contributed by atoms with Gasteiger partial charge in [0, 0.05) is 63.6 Å². The molecule has 64 heavy (non-hydrogen) atoms. The van der Waals surface area contributed by atoms with Gasteiger partial charge < -0.3 is 9.64 Å². The minimum absolute atomic E-state index is 0.178. The van der Waals surface area contributed by atoms with Crippen molar-refractivity contribution in [3.05, 3.63) is 135 Å². The van der Waals surface area contributed by atoms with Crippen LogP contribution in [0.5, 0.6) is 0 Å². The summed E-state index contributed by atoms with van der Waals surface area (Å²) in [7, 11) is -8.57. The normalized spacial score (nSPS) is 20.9. The minimum atomic E-state index is -4.45. The van der Waals surface area contributed by atoms with Crippen LogP contribution in [0.25, 0.3) is 0 Å². The van der Waals surface area contributed by atoms with E-state index in [-0.39, 0.29) is 22.5 Å². The Balaban J connectivity index is 1.29. The van der Waals surface area contributed by atoms with Crippen LogP contribution in [0.15, 0.2) is 112 Å². The van der Waals surface area contributed by atoms with Crippen molar-refractivity contribution in [3.8, 4) is 0 Å². The lowest BCUT2D eigenvalue weighted by Gasteiger charge is -2.27. The van der Waals surface area contributed by atoms with Gasteiger partial charge in [-0.2, -0.15) is 21.4 Å². The van der Waals surface area contributed by atoms with Crippen LogP contribution < -0.4 is 4.90 Å². The summed E-state index contributed by atoms with van der Waals surface area (Å²) in [6.45, 7) is 15.0. The van der Waals surface area contributed by atoms with Crippen LogP contribution in [-0.2, 0) is 48.8 Å². The highest BCUT2D eigenvalue weighted by atomic mass is 32.2. The molecule has 3 aliphatic heterocycles. The maximum atomic E-state index is 12.3. The van der Waals surface area contributed by atoms with Gasteiger partial charge in [0.25, 0.3) is 20.2 Å². The van der Waals surface area contributed by atoms with Crippen LogP contribution in [0.2, 0.25) is 0 Å². The maximum Gasteiger partial charge on any atom is 0.294 e. The van der Waals surface area contributed by atoms with E-state index >= 15 is 0 Å². The molecule has 0 bridgehead atoms. The van der Waals surface area contributed by atoms with Gasteiger partial charge in [-0.25, -0.2) is 0 Å². The summed E-state index contributed by atoms with van der Waals surface area (Å²) in [4.78, 5) is 2.35. The third kappa shape index (κ3) is 11.1. The number of nitrogens with zero attached hydrogens (tertiary/aromatic N) is 2. The Hall–Kier alpha value is -3.59. The fourth-order valence-electron chi connectivity index (χ4n) is 9.68. The molecule has 1 saturated heterocycles. The first-order valence-corrected chi connectivity index (χ1v) is 28.0. The largest absolute Gasteiger partial charge is 0.488 e. The molecule has 4 aliphatic rings. The minimum Gasteiger partial charge on any atom is -0.488 e. The fraction of sp³-hybridized carbons (Fsp3) is 0.471. The summed E-state index contributed by atoms with van der Waals surface area (Å²) in [5.74, 6) is 1.71. The molecule has 3 heterocycles. The van der Waals surface area contributed by atoms with Gasteiger partial charge in [-0.15, -0.1) is 23.5 Å². The standard InChI is InChI=1S/C51H64N2O7S4/c1-7-8-9-26-52-45-22-18-36(2)29-43(45)50(3,4)47(52)24-19-39-16-13-17-40(49(39)60-33-38-15-12-14-37(30-38)31-41-34-61-35-62-41)20-25-48-51(5,6)44-32-42(64(57,58)59)21-23-46(44)53(48)27-10-11-28-63(54,55)56/h12,14-15,18-25,29-30,32,41H,7-11,13,16-17,26-28,31,33-35H2,1-6H3,(H-,54,55,56,57,58,59)/p+1/t41-/m0/s1. The van der Waals surface area contributed by atoms with Gasteiger partial charge in [0.15, 0.2) is 5.71 Å². The number of hydrogen-bond donors (Lipinski definition) is 2. The SMILES string of the molecule is CCCCCN1C(=CC=C2CCCC(C=CC3=[N+](CCCCS(=O)(=O)O)c4ccc(S(=O)(=O)O)cc4C3(C)C)=C2OCc2cccc(C[C@H]3CSCS3)c2)C(C)(C)c2cc(C)ccc21. The van der Waals surface area contributed by atoms with Crippen LogP contribution in [0.1, 0.15) is 114 Å². The van der Waals surface area contributed by atoms with Crippen LogP contribution in [-0.4, -0.2) is 71.2 Å². The van der Waals surface area contributed by atoms with E-state index in [0.717, 1.165) is 89.6 Å². The summed E-state index contributed by atoms with van der Waals surface area (Å²) in [6, 6.07) is 20.3. The molecular weight excluding hydrogens is 881 g/mol. The number of hydrogen-bond acceptors (Lipinski definition) is 8. The van der Waals surface area contributed by atoms with Crippen molar-refractivity contribution in [1.82, 2.24) is 0 Å². The molecule has 0 saturated carbocycles. The number of ether oxygens (including phenoxy) is 1. The molecule has 13 heteroatoms. The maximum absolute atomic E-state index is 12.3. The first kappa shape index (κ1) is 48.3. The van der Waals surface area contributed by atoms with Crippen molar-refractivity contribution in [2.24, 2.45) is 0 Å². The zero-order valence-electron chi connectivity index (χ0n) is 38.2. The van der Waals surface area contributed by atoms with Gasteiger partial charge in [-0.05, 0) is 117 Å². The molecule has 0 aromatic heterocycles. The van der Waals surface area contributed by atoms with Crippen molar-refractivity contribution in [1.29, 1.82) is 0 Å². The van der Waals surface area contributed by atoms with Gasteiger partial charge in [0.2, 0.25) is 5.69 Å². The Kier molecular flexibility index (Phi) is 15.2. The molecule has 0 amide bonds. The van der Waals surface area contributed by atoms with E-state index < -0.39 is 25.7 Å². The number of rotatable bonds is 18. The quantitative estimate of drug-likeness (QED) is 0.0723. The predicted octanol–water partition coefficient (Wildman–Crippen LogP) is 11.6. The van der Waals surface area contributed by atoms with E-state index in [1.165, 1.54) is 52.4 Å². The van der Waals surface area contributed by atoms with Crippen LogP contribution in [0.4, 0.5) is 11.4 Å². The third-order valence-corrected chi connectivity index (χ3v) is 17.6. The number of anilines is 1. The van der Waals surface area contributed by atoms with E-state index in [2.05, 4.69) is 104 Å². The first-order chi connectivity index (χ1) is 30.4. The molecule has 3 aromatic rings. The third-order valence-electron chi connectivity index (χ3n) is 13.1. The fourth-order valence-corrected chi connectivity index (χ4v) is 13.7. The molecular formula is C51H65N2O7S4+. The molecule has 0 unspecified atom stereocenters. The van der Waals surface area contributed by atoms with Crippen LogP contribution >= 0.6 is 23.5 Å². The van der Waals surface area contributed by atoms with Crippen molar-refractivity contribution in [2.75, 3.05) is 34.6 Å². The smallest absolute Gasteiger partial charge is 0.294 e. The molecule has 7 rings (SSSR count). The molecule has 1 atom stereocenters. The van der Waals surface area contributed by atoms with E-state index in [4.69, 9.17) is 4.74 Å². The Morgan fingerprint density at radius 1 is 0.875 bits per heavy atom. The highest BCUT2D eigenvalue weighted by molar-refractivity contribution is 8.19. The van der Waals surface area contributed by atoms with E-state index in [0.29, 0.717) is 24.8 Å². The summed E-state index contributed by atoms with van der Waals surface area (Å²) < 4.78 is 76.3. The zero-order chi connectivity index (χ0) is 45.9. The second kappa shape index (κ2) is 20.1. The Labute approximate surface area is 390 Å². The van der Waals surface area contributed by atoms with Crippen LogP contribution in [0, 0.1) is 6.92 Å². The second-order valence-corrected chi connectivity index (χ2v) is 24.4. The van der Waals surface area contributed by atoms with E-state index in [1.54, 1.807) is 6.07 Å². The van der Waals surface area contributed by atoms with E-state index in [1.807, 2.05) is 37.4 Å². The number of unbranched alkanes of at least 4 members (excludes halogenated alkanes) is 3. The lowest BCUT2D eigenvalue weighted by Crippen LogP contribution is -2.28. The molecule has 3 aromatic carbocycles. The average Bonchev–Trinajstić information content (AvgIpc) is 3.88. The lowest BCUT2D eigenvalue weighted by molar-refractivity contribution is -0.438. The molecule has 9 nitrogen and oxygen atoms in total. The van der Waals surface area contributed by atoms with Crippen molar-refractivity contribution >= 4 is 60.8 Å². The Morgan fingerprint density at radius 2 is 1.67 bits per heavy atom. The van der Waals surface area contributed by atoms with Gasteiger partial charge in [0.1, 0.15) is 18.9 Å². The second-order valence-electron chi connectivity index (χ2n) is 18.7. The monoisotopic (exact) mass is 945 g/mol. The first-order valence-electron chi connectivity index (χ1n) is 22.7. The van der Waals surface area contributed by atoms with Gasteiger partial charge in [0.05, 0.1) is 16.1 Å². The zero-order valence-corrected chi connectivity index (χ0v) is 41.5.